The predicted octanol–water partition coefficient (Wildman–Crippen LogP) is 7.70. The van der Waals surface area contributed by atoms with Gasteiger partial charge in [-0.2, -0.15) is 0 Å². The second kappa shape index (κ2) is 10.7. The molecule has 0 fully saturated rings. The average molecular weight is 507 g/mol. The van der Waals surface area contributed by atoms with Gasteiger partial charge < -0.3 is 9.47 Å². The van der Waals surface area contributed by atoms with Gasteiger partial charge >= 0.3 is 5.97 Å². The lowest BCUT2D eigenvalue weighted by Crippen LogP contribution is -2.26. The number of esters is 1. The van der Waals surface area contributed by atoms with E-state index in [2.05, 4.69) is 69.3 Å². The van der Waals surface area contributed by atoms with E-state index in [1.54, 1.807) is 31.4 Å². The number of rotatable bonds is 7. The number of aryl methyl sites for hydroxylation is 4. The molecule has 38 heavy (non-hydrogen) atoms. The van der Waals surface area contributed by atoms with Gasteiger partial charge in [0, 0.05) is 11.0 Å². The van der Waals surface area contributed by atoms with Gasteiger partial charge in [0.2, 0.25) is 0 Å². The van der Waals surface area contributed by atoms with Crippen molar-refractivity contribution in [2.24, 2.45) is 0 Å². The molecule has 0 amide bonds. The first-order valence-electron chi connectivity index (χ1n) is 12.7. The molecule has 4 aromatic carbocycles. The van der Waals surface area contributed by atoms with Crippen LogP contribution in [0.2, 0.25) is 0 Å². The average Bonchev–Trinajstić information content (AvgIpc) is 2.90. The van der Waals surface area contributed by atoms with E-state index in [1.807, 2.05) is 19.9 Å². The van der Waals surface area contributed by atoms with E-state index in [4.69, 9.17) is 9.47 Å². The third kappa shape index (κ3) is 4.99. The fraction of sp³-hybridized carbons (Fsp3) is 0.235. The van der Waals surface area contributed by atoms with Crippen LogP contribution >= 0.6 is 0 Å². The van der Waals surface area contributed by atoms with E-state index in [-0.39, 0.29) is 5.78 Å². The van der Waals surface area contributed by atoms with Crippen LogP contribution in [0.25, 0.3) is 0 Å². The Morgan fingerprint density at radius 2 is 1.13 bits per heavy atom. The van der Waals surface area contributed by atoms with Crippen molar-refractivity contribution in [3.05, 3.63) is 129 Å². The zero-order chi connectivity index (χ0) is 27.6. The molecule has 1 unspecified atom stereocenters. The van der Waals surface area contributed by atoms with E-state index in [0.717, 1.165) is 44.7 Å². The van der Waals surface area contributed by atoms with Crippen molar-refractivity contribution in [1.82, 2.24) is 0 Å². The molecule has 0 saturated heterocycles. The third-order valence-electron chi connectivity index (χ3n) is 7.33. The van der Waals surface area contributed by atoms with Gasteiger partial charge in [-0.15, -0.1) is 0 Å². The molecule has 0 aliphatic heterocycles. The van der Waals surface area contributed by atoms with Crippen LogP contribution in [-0.4, -0.2) is 18.9 Å². The van der Waals surface area contributed by atoms with Crippen molar-refractivity contribution in [3.8, 4) is 11.5 Å². The molecule has 0 N–H and O–H groups in total. The molecular formula is C34H34O4. The molecule has 4 nitrogen and oxygen atoms in total. The van der Waals surface area contributed by atoms with Crippen LogP contribution in [-0.2, 0) is 5.41 Å². The third-order valence-corrected chi connectivity index (χ3v) is 7.33. The van der Waals surface area contributed by atoms with Crippen LogP contribution < -0.4 is 9.47 Å². The molecule has 0 aromatic heterocycles. The lowest BCUT2D eigenvalue weighted by atomic mass is 9.70. The highest BCUT2D eigenvalue weighted by molar-refractivity contribution is 5.98. The lowest BCUT2D eigenvalue weighted by molar-refractivity contribution is 0.0732. The van der Waals surface area contributed by atoms with Gasteiger partial charge in [-0.25, -0.2) is 4.79 Å². The van der Waals surface area contributed by atoms with Gasteiger partial charge in [-0.05, 0) is 92.6 Å². The fourth-order valence-corrected chi connectivity index (χ4v) is 5.25. The van der Waals surface area contributed by atoms with E-state index >= 15 is 0 Å². The molecule has 0 aliphatic rings. The number of carbonyl (C=O) groups is 2. The minimum Gasteiger partial charge on any atom is -0.496 e. The Hall–Kier alpha value is -4.18. The molecule has 4 rings (SSSR count). The summed E-state index contributed by atoms with van der Waals surface area (Å²) in [5.41, 5.74) is 7.66. The number of carbonyl (C=O) groups excluding carboxylic acids is 2. The second-order valence-electron chi connectivity index (χ2n) is 10.1. The Balaban J connectivity index is 1.81. The van der Waals surface area contributed by atoms with Gasteiger partial charge in [0.25, 0.3) is 0 Å². The molecule has 4 aromatic rings. The van der Waals surface area contributed by atoms with E-state index in [1.165, 1.54) is 6.92 Å². The van der Waals surface area contributed by atoms with Crippen LogP contribution in [0.3, 0.4) is 0 Å². The molecule has 1 atom stereocenters. The van der Waals surface area contributed by atoms with Crippen molar-refractivity contribution in [1.29, 1.82) is 0 Å². The number of benzene rings is 4. The van der Waals surface area contributed by atoms with Crippen molar-refractivity contribution >= 4 is 11.8 Å². The van der Waals surface area contributed by atoms with E-state index in [0.29, 0.717) is 16.9 Å². The summed E-state index contributed by atoms with van der Waals surface area (Å²) in [6.07, 6.45) is 0. The summed E-state index contributed by atoms with van der Waals surface area (Å²) in [6, 6.07) is 25.6. The summed E-state index contributed by atoms with van der Waals surface area (Å²) >= 11 is 0. The largest absolute Gasteiger partial charge is 0.496 e. The van der Waals surface area contributed by atoms with Crippen molar-refractivity contribution in [2.45, 2.75) is 47.0 Å². The Kier molecular flexibility index (Phi) is 7.54. The molecule has 0 radical (unpaired) electrons. The molecule has 0 spiro atoms. The molecule has 0 bridgehead atoms. The number of ether oxygens (including phenoxy) is 2. The predicted molar refractivity (Wildman–Crippen MR) is 152 cm³/mol. The second-order valence-corrected chi connectivity index (χ2v) is 10.1. The lowest BCUT2D eigenvalue weighted by Gasteiger charge is -2.34. The Bertz CT molecular complexity index is 1470. The topological polar surface area (TPSA) is 52.6 Å². The monoisotopic (exact) mass is 506 g/mol. The Morgan fingerprint density at radius 3 is 1.63 bits per heavy atom. The Labute approximate surface area is 225 Å². The minimum atomic E-state index is -0.487. The SMILES string of the molecule is COc1c(C)cc(C(C)(c2ccccc2)c2cc(C)c(OC(=O)c3cccc(C(C)=O)c3)c(C)c2)cc1C. The molecule has 0 aliphatic carbocycles. The zero-order valence-electron chi connectivity index (χ0n) is 23.1. The summed E-state index contributed by atoms with van der Waals surface area (Å²) in [4.78, 5) is 24.8. The van der Waals surface area contributed by atoms with Gasteiger partial charge in [0.05, 0.1) is 12.7 Å². The van der Waals surface area contributed by atoms with Crippen LogP contribution in [0, 0.1) is 27.7 Å². The highest BCUT2D eigenvalue weighted by Gasteiger charge is 2.33. The fourth-order valence-electron chi connectivity index (χ4n) is 5.25. The summed E-state index contributed by atoms with van der Waals surface area (Å²) < 4.78 is 11.5. The van der Waals surface area contributed by atoms with Crippen LogP contribution in [0.1, 0.15) is 73.5 Å². The number of Topliss-reactive ketones (excluding diaryl/α,β-unsaturated/α-hetero) is 1. The highest BCUT2D eigenvalue weighted by atomic mass is 16.5. The number of hydrogen-bond acceptors (Lipinski definition) is 4. The van der Waals surface area contributed by atoms with Gasteiger partial charge in [-0.1, -0.05) is 66.7 Å². The van der Waals surface area contributed by atoms with Crippen molar-refractivity contribution in [2.75, 3.05) is 7.11 Å². The zero-order valence-corrected chi connectivity index (χ0v) is 23.1. The normalized spacial score (nSPS) is 12.5. The smallest absolute Gasteiger partial charge is 0.343 e. The number of methoxy groups -OCH3 is 1. The number of ketones is 1. The minimum absolute atomic E-state index is 0.0967. The highest BCUT2D eigenvalue weighted by Crippen LogP contribution is 2.43. The molecule has 194 valence electrons. The van der Waals surface area contributed by atoms with Gasteiger partial charge in [-0.3, -0.25) is 4.79 Å². The van der Waals surface area contributed by atoms with E-state index < -0.39 is 11.4 Å². The van der Waals surface area contributed by atoms with Crippen LogP contribution in [0.5, 0.6) is 11.5 Å². The van der Waals surface area contributed by atoms with Crippen molar-refractivity contribution in [3.63, 3.8) is 0 Å². The summed E-state index contributed by atoms with van der Waals surface area (Å²) in [7, 11) is 1.70. The summed E-state index contributed by atoms with van der Waals surface area (Å²) in [6.45, 7) is 11.8. The first kappa shape index (κ1) is 26.9. The molecule has 4 heteroatoms. The summed E-state index contributed by atoms with van der Waals surface area (Å²) in [5, 5.41) is 0. The molecular weight excluding hydrogens is 472 g/mol. The standard InChI is InChI=1S/C34H34O4/c1-21-16-29(17-22(2)31(21)37-7)34(6,28-14-9-8-10-15-28)30-18-23(3)32(24(4)19-30)38-33(36)27-13-11-12-26(20-27)25(5)35/h8-20H,1-7H3. The van der Waals surface area contributed by atoms with Crippen LogP contribution in [0.15, 0.2) is 78.9 Å². The first-order valence-corrected chi connectivity index (χ1v) is 12.7. The van der Waals surface area contributed by atoms with Crippen LogP contribution in [0.4, 0.5) is 0 Å². The van der Waals surface area contributed by atoms with Gasteiger partial charge in [0.15, 0.2) is 5.78 Å². The molecule has 0 heterocycles. The quantitative estimate of drug-likeness (QED) is 0.111. The van der Waals surface area contributed by atoms with Gasteiger partial charge in [0.1, 0.15) is 11.5 Å². The Morgan fingerprint density at radius 1 is 0.632 bits per heavy atom. The van der Waals surface area contributed by atoms with E-state index in [9.17, 15) is 9.59 Å². The van der Waals surface area contributed by atoms with Crippen molar-refractivity contribution < 1.29 is 19.1 Å². The molecule has 0 saturated carbocycles. The summed E-state index contributed by atoms with van der Waals surface area (Å²) in [5.74, 6) is 0.844. The maximum Gasteiger partial charge on any atom is 0.343 e. The maximum absolute atomic E-state index is 13.0. The maximum atomic E-state index is 13.0. The number of hydrogen-bond donors (Lipinski definition) is 0. The first-order chi connectivity index (χ1) is 18.1.